The maximum Gasteiger partial charge on any atom is 0.243 e. The zero-order chi connectivity index (χ0) is 14.9. The monoisotopic (exact) mass is 360 g/mol. The minimum atomic E-state index is -3.43. The highest BCUT2D eigenvalue weighted by molar-refractivity contribution is 9.10. The summed E-state index contributed by atoms with van der Waals surface area (Å²) in [7, 11) is -3.43. The molecule has 1 aliphatic heterocycles. The average molecular weight is 361 g/mol. The van der Waals surface area contributed by atoms with Crippen molar-refractivity contribution in [1.29, 1.82) is 0 Å². The summed E-state index contributed by atoms with van der Waals surface area (Å²) in [4.78, 5) is 0.386. The van der Waals surface area contributed by atoms with E-state index in [0.717, 1.165) is 22.9 Å². The lowest BCUT2D eigenvalue weighted by molar-refractivity contribution is 0.243. The van der Waals surface area contributed by atoms with Crippen LogP contribution in [0.4, 0.5) is 0 Å². The van der Waals surface area contributed by atoms with Gasteiger partial charge in [0, 0.05) is 23.6 Å². The van der Waals surface area contributed by atoms with Gasteiger partial charge in [0.1, 0.15) is 0 Å². The molecule has 20 heavy (non-hydrogen) atoms. The molecular formula is C14H21BrN2O2S. The predicted octanol–water partition coefficient (Wildman–Crippen LogP) is 2.51. The second-order valence-electron chi connectivity index (χ2n) is 5.53. The number of piperidine rings is 1. The Morgan fingerprint density at radius 1 is 1.45 bits per heavy atom. The molecule has 0 aromatic heterocycles. The van der Waals surface area contributed by atoms with Crippen LogP contribution in [0.1, 0.15) is 25.3 Å². The Hall–Kier alpha value is -0.430. The summed E-state index contributed by atoms with van der Waals surface area (Å²) in [5.41, 5.74) is 6.71. The molecule has 2 rings (SSSR count). The Morgan fingerprint density at radius 2 is 2.15 bits per heavy atom. The molecule has 1 heterocycles. The molecular weight excluding hydrogens is 340 g/mol. The number of sulfonamides is 1. The van der Waals surface area contributed by atoms with Gasteiger partial charge in [-0.05, 0) is 50.3 Å². The van der Waals surface area contributed by atoms with E-state index in [0.29, 0.717) is 18.0 Å². The van der Waals surface area contributed by atoms with Crippen molar-refractivity contribution in [2.24, 2.45) is 11.7 Å². The lowest BCUT2D eigenvalue weighted by Gasteiger charge is -2.34. The van der Waals surface area contributed by atoms with Crippen LogP contribution in [0.3, 0.4) is 0 Å². The first-order valence-corrected chi connectivity index (χ1v) is 9.07. The molecule has 2 N–H and O–H groups in total. The Bertz CT molecular complexity index is 587. The molecule has 1 aromatic carbocycles. The summed E-state index contributed by atoms with van der Waals surface area (Å²) >= 11 is 3.34. The number of hydrogen-bond donors (Lipinski definition) is 1. The van der Waals surface area contributed by atoms with Crippen molar-refractivity contribution in [2.45, 2.75) is 37.6 Å². The smallest absolute Gasteiger partial charge is 0.243 e. The SMILES string of the molecule is Cc1ccc(Br)cc1S(=O)(=O)N1CCC[C@@H]([C@H](C)N)C1. The summed E-state index contributed by atoms with van der Waals surface area (Å²) in [6.07, 6.45) is 1.87. The van der Waals surface area contributed by atoms with Gasteiger partial charge in [-0.1, -0.05) is 22.0 Å². The fourth-order valence-electron chi connectivity index (χ4n) is 2.61. The minimum absolute atomic E-state index is 0.0246. The maximum absolute atomic E-state index is 12.8. The van der Waals surface area contributed by atoms with Gasteiger partial charge in [0.15, 0.2) is 0 Å². The highest BCUT2D eigenvalue weighted by Crippen LogP contribution is 2.28. The highest BCUT2D eigenvalue weighted by atomic mass is 79.9. The fraction of sp³-hybridized carbons (Fsp3) is 0.571. The standard InChI is InChI=1S/C14H21BrN2O2S/c1-10-5-6-13(15)8-14(10)20(18,19)17-7-3-4-12(9-17)11(2)16/h5-6,8,11-12H,3-4,7,9,16H2,1-2H3/t11-,12+/m0/s1. The molecule has 1 saturated heterocycles. The largest absolute Gasteiger partial charge is 0.328 e. The van der Waals surface area contributed by atoms with Crippen LogP contribution in [0.5, 0.6) is 0 Å². The number of rotatable bonds is 3. The Balaban J connectivity index is 2.32. The Kier molecular flexibility index (Phi) is 4.89. The molecule has 112 valence electrons. The van der Waals surface area contributed by atoms with Crippen LogP contribution in [0.25, 0.3) is 0 Å². The van der Waals surface area contributed by atoms with E-state index in [1.807, 2.05) is 26.0 Å². The van der Waals surface area contributed by atoms with Crippen LogP contribution in [0.2, 0.25) is 0 Å². The lowest BCUT2D eigenvalue weighted by Crippen LogP contribution is -2.45. The topological polar surface area (TPSA) is 63.4 Å². The molecule has 4 nitrogen and oxygen atoms in total. The van der Waals surface area contributed by atoms with Gasteiger partial charge in [0.2, 0.25) is 10.0 Å². The van der Waals surface area contributed by atoms with Gasteiger partial charge < -0.3 is 5.73 Å². The number of aryl methyl sites for hydroxylation is 1. The van der Waals surface area contributed by atoms with E-state index in [-0.39, 0.29) is 12.0 Å². The van der Waals surface area contributed by atoms with Crippen LogP contribution < -0.4 is 5.73 Å². The van der Waals surface area contributed by atoms with E-state index in [1.165, 1.54) is 0 Å². The van der Waals surface area contributed by atoms with Crippen molar-refractivity contribution in [3.8, 4) is 0 Å². The summed E-state index contributed by atoms with van der Waals surface area (Å²) in [6, 6.07) is 5.39. The van der Waals surface area contributed by atoms with Crippen LogP contribution in [-0.4, -0.2) is 31.9 Å². The first kappa shape index (κ1) is 15.9. The molecule has 0 amide bonds. The second kappa shape index (κ2) is 6.13. The Labute approximate surface area is 129 Å². The van der Waals surface area contributed by atoms with E-state index in [2.05, 4.69) is 15.9 Å². The average Bonchev–Trinajstić information content (AvgIpc) is 2.41. The summed E-state index contributed by atoms with van der Waals surface area (Å²) in [5, 5.41) is 0. The zero-order valence-corrected chi connectivity index (χ0v) is 14.2. The van der Waals surface area contributed by atoms with Gasteiger partial charge in [-0.25, -0.2) is 8.42 Å². The third-order valence-corrected chi connectivity index (χ3v) is 6.43. The van der Waals surface area contributed by atoms with Gasteiger partial charge in [-0.3, -0.25) is 0 Å². The van der Waals surface area contributed by atoms with Gasteiger partial charge >= 0.3 is 0 Å². The van der Waals surface area contributed by atoms with Gasteiger partial charge in [0.05, 0.1) is 4.90 Å². The molecule has 2 atom stereocenters. The van der Waals surface area contributed by atoms with Gasteiger partial charge in [0.25, 0.3) is 0 Å². The highest BCUT2D eigenvalue weighted by Gasteiger charge is 2.32. The normalized spacial score (nSPS) is 22.7. The van der Waals surface area contributed by atoms with Crippen molar-refractivity contribution in [1.82, 2.24) is 4.31 Å². The number of nitrogens with two attached hydrogens (primary N) is 1. The van der Waals surface area contributed by atoms with Crippen molar-refractivity contribution in [3.05, 3.63) is 28.2 Å². The van der Waals surface area contributed by atoms with E-state index in [4.69, 9.17) is 5.73 Å². The predicted molar refractivity (Wildman–Crippen MR) is 84.0 cm³/mol. The molecule has 1 aliphatic rings. The van der Waals surface area contributed by atoms with Crippen LogP contribution >= 0.6 is 15.9 Å². The zero-order valence-electron chi connectivity index (χ0n) is 11.8. The molecule has 0 saturated carbocycles. The summed E-state index contributed by atoms with van der Waals surface area (Å²) in [5.74, 6) is 0.242. The van der Waals surface area contributed by atoms with Crippen molar-refractivity contribution in [3.63, 3.8) is 0 Å². The van der Waals surface area contributed by atoms with E-state index >= 15 is 0 Å². The molecule has 0 unspecified atom stereocenters. The van der Waals surface area contributed by atoms with E-state index in [1.54, 1.807) is 10.4 Å². The fourth-order valence-corrected chi connectivity index (χ4v) is 4.91. The molecule has 1 fully saturated rings. The molecule has 0 radical (unpaired) electrons. The van der Waals surface area contributed by atoms with E-state index < -0.39 is 10.0 Å². The van der Waals surface area contributed by atoms with Crippen molar-refractivity contribution < 1.29 is 8.42 Å². The van der Waals surface area contributed by atoms with E-state index in [9.17, 15) is 8.42 Å². The molecule has 0 spiro atoms. The van der Waals surface area contributed by atoms with Crippen LogP contribution in [0, 0.1) is 12.8 Å². The number of benzene rings is 1. The first-order valence-electron chi connectivity index (χ1n) is 6.84. The quantitative estimate of drug-likeness (QED) is 0.900. The van der Waals surface area contributed by atoms with Crippen molar-refractivity contribution in [2.75, 3.05) is 13.1 Å². The summed E-state index contributed by atoms with van der Waals surface area (Å²) < 4.78 is 27.9. The van der Waals surface area contributed by atoms with Gasteiger partial charge in [-0.2, -0.15) is 4.31 Å². The van der Waals surface area contributed by atoms with Crippen LogP contribution in [-0.2, 0) is 10.0 Å². The Morgan fingerprint density at radius 3 is 2.80 bits per heavy atom. The number of hydrogen-bond acceptors (Lipinski definition) is 3. The third-order valence-electron chi connectivity index (χ3n) is 3.93. The number of halogens is 1. The number of nitrogens with zero attached hydrogens (tertiary/aromatic N) is 1. The third kappa shape index (κ3) is 3.24. The second-order valence-corrected chi connectivity index (χ2v) is 8.36. The minimum Gasteiger partial charge on any atom is -0.328 e. The summed E-state index contributed by atoms with van der Waals surface area (Å²) in [6.45, 7) is 4.88. The molecule has 0 aliphatic carbocycles. The van der Waals surface area contributed by atoms with Crippen molar-refractivity contribution >= 4 is 26.0 Å². The van der Waals surface area contributed by atoms with Gasteiger partial charge in [-0.15, -0.1) is 0 Å². The molecule has 0 bridgehead atoms. The molecule has 1 aromatic rings. The molecule has 6 heteroatoms. The maximum atomic E-state index is 12.8. The first-order chi connectivity index (χ1) is 9.32. The van der Waals surface area contributed by atoms with Crippen LogP contribution in [0.15, 0.2) is 27.6 Å². The lowest BCUT2D eigenvalue weighted by atomic mass is 9.93.